The van der Waals surface area contributed by atoms with Crippen LogP contribution in [0.2, 0.25) is 0 Å². The molecular weight excluding hydrogens is 281 g/mol. The first-order valence-corrected chi connectivity index (χ1v) is 7.36. The lowest BCUT2D eigenvalue weighted by Gasteiger charge is -2.10. The molecule has 0 spiro atoms. The number of benzene rings is 1. The molecule has 0 saturated heterocycles. The Morgan fingerprint density at radius 1 is 1.11 bits per heavy atom. The standard InChI is InChI=1S/C11H15F3N2O2S/c1-2-3-15-4-5-19(17,18)16-11-9(13)6-8(12)7-10(11)14/h6-7,15-16H,2-5H2,1H3. The van der Waals surface area contributed by atoms with Gasteiger partial charge in [-0.25, -0.2) is 21.6 Å². The monoisotopic (exact) mass is 296 g/mol. The molecular formula is C11H15F3N2O2S. The van der Waals surface area contributed by atoms with Gasteiger partial charge in [0.2, 0.25) is 10.0 Å². The molecule has 1 aromatic carbocycles. The first-order valence-electron chi connectivity index (χ1n) is 5.71. The fourth-order valence-corrected chi connectivity index (χ4v) is 2.38. The van der Waals surface area contributed by atoms with E-state index in [0.29, 0.717) is 18.7 Å². The Kier molecular flexibility index (Phi) is 5.61. The highest BCUT2D eigenvalue weighted by Crippen LogP contribution is 2.21. The van der Waals surface area contributed by atoms with E-state index in [2.05, 4.69) is 5.32 Å². The van der Waals surface area contributed by atoms with Crippen LogP contribution in [0.15, 0.2) is 12.1 Å². The van der Waals surface area contributed by atoms with Gasteiger partial charge < -0.3 is 5.32 Å². The summed E-state index contributed by atoms with van der Waals surface area (Å²) in [6, 6.07) is 0.826. The van der Waals surface area contributed by atoms with E-state index in [0.717, 1.165) is 6.42 Å². The highest BCUT2D eigenvalue weighted by atomic mass is 32.2. The zero-order valence-electron chi connectivity index (χ0n) is 10.3. The number of nitrogens with one attached hydrogen (secondary N) is 2. The largest absolute Gasteiger partial charge is 0.316 e. The lowest BCUT2D eigenvalue weighted by atomic mass is 10.3. The molecule has 0 aromatic heterocycles. The molecule has 108 valence electrons. The molecule has 0 aliphatic carbocycles. The number of halogens is 3. The normalized spacial score (nSPS) is 11.6. The molecule has 0 amide bonds. The summed E-state index contributed by atoms with van der Waals surface area (Å²) in [5.41, 5.74) is -0.864. The highest BCUT2D eigenvalue weighted by molar-refractivity contribution is 7.92. The molecule has 0 unspecified atom stereocenters. The van der Waals surface area contributed by atoms with Crippen molar-refractivity contribution in [2.24, 2.45) is 0 Å². The van der Waals surface area contributed by atoms with Crippen molar-refractivity contribution in [3.05, 3.63) is 29.6 Å². The molecule has 1 rings (SSSR count). The van der Waals surface area contributed by atoms with Crippen LogP contribution in [0, 0.1) is 17.5 Å². The van der Waals surface area contributed by atoms with Crippen molar-refractivity contribution in [2.45, 2.75) is 13.3 Å². The molecule has 0 aliphatic rings. The van der Waals surface area contributed by atoms with Gasteiger partial charge in [0.1, 0.15) is 11.5 Å². The van der Waals surface area contributed by atoms with Crippen LogP contribution in [-0.2, 0) is 10.0 Å². The van der Waals surface area contributed by atoms with Crippen LogP contribution in [0.4, 0.5) is 18.9 Å². The zero-order valence-corrected chi connectivity index (χ0v) is 11.2. The average Bonchev–Trinajstić information content (AvgIpc) is 2.29. The predicted octanol–water partition coefficient (Wildman–Crippen LogP) is 1.85. The second-order valence-electron chi connectivity index (χ2n) is 3.92. The maximum absolute atomic E-state index is 13.3. The molecule has 0 aliphatic heterocycles. The number of anilines is 1. The summed E-state index contributed by atoms with van der Waals surface area (Å²) in [5.74, 6) is -4.02. The maximum atomic E-state index is 13.3. The smallest absolute Gasteiger partial charge is 0.234 e. The Labute approximate surface area is 110 Å². The first kappa shape index (κ1) is 15.8. The van der Waals surface area contributed by atoms with Crippen LogP contribution < -0.4 is 10.0 Å². The van der Waals surface area contributed by atoms with Crippen molar-refractivity contribution in [2.75, 3.05) is 23.6 Å². The fourth-order valence-electron chi connectivity index (χ4n) is 1.35. The molecule has 8 heteroatoms. The van der Waals surface area contributed by atoms with Gasteiger partial charge in [-0.1, -0.05) is 6.92 Å². The average molecular weight is 296 g/mol. The third-order valence-corrected chi connectivity index (χ3v) is 3.50. The van der Waals surface area contributed by atoms with Gasteiger partial charge in [-0.15, -0.1) is 0 Å². The Balaban J connectivity index is 2.73. The Bertz CT molecular complexity index is 512. The van der Waals surface area contributed by atoms with E-state index in [4.69, 9.17) is 0 Å². The second kappa shape index (κ2) is 6.76. The van der Waals surface area contributed by atoms with E-state index in [1.807, 2.05) is 6.92 Å². The Morgan fingerprint density at radius 3 is 2.21 bits per heavy atom. The topological polar surface area (TPSA) is 58.2 Å². The van der Waals surface area contributed by atoms with Crippen LogP contribution in [0.3, 0.4) is 0 Å². The Hall–Kier alpha value is -1.28. The summed E-state index contributed by atoms with van der Waals surface area (Å²) in [4.78, 5) is 0. The van der Waals surface area contributed by atoms with Crippen LogP contribution in [0.25, 0.3) is 0 Å². The molecule has 0 atom stereocenters. The summed E-state index contributed by atoms with van der Waals surface area (Å²) in [6.45, 7) is 2.73. The van der Waals surface area contributed by atoms with Gasteiger partial charge in [0.15, 0.2) is 11.6 Å². The summed E-state index contributed by atoms with van der Waals surface area (Å²) < 4.78 is 64.1. The van der Waals surface area contributed by atoms with Crippen LogP contribution in [-0.4, -0.2) is 27.3 Å². The van der Waals surface area contributed by atoms with Gasteiger partial charge in [-0.3, -0.25) is 4.72 Å². The number of hydrogen-bond donors (Lipinski definition) is 2. The van der Waals surface area contributed by atoms with E-state index in [-0.39, 0.29) is 12.3 Å². The molecule has 2 N–H and O–H groups in total. The van der Waals surface area contributed by atoms with Crippen molar-refractivity contribution >= 4 is 15.7 Å². The van der Waals surface area contributed by atoms with Crippen LogP contribution in [0.5, 0.6) is 0 Å². The number of hydrogen-bond acceptors (Lipinski definition) is 3. The number of rotatable bonds is 7. The lowest BCUT2D eigenvalue weighted by molar-refractivity contribution is 0.547. The first-order chi connectivity index (χ1) is 8.85. The third-order valence-electron chi connectivity index (χ3n) is 2.24. The van der Waals surface area contributed by atoms with Crippen molar-refractivity contribution in [3.63, 3.8) is 0 Å². The number of sulfonamides is 1. The van der Waals surface area contributed by atoms with Gasteiger partial charge >= 0.3 is 0 Å². The van der Waals surface area contributed by atoms with E-state index >= 15 is 0 Å². The molecule has 19 heavy (non-hydrogen) atoms. The van der Waals surface area contributed by atoms with Gasteiger partial charge in [-0.05, 0) is 13.0 Å². The van der Waals surface area contributed by atoms with Crippen molar-refractivity contribution in [1.29, 1.82) is 0 Å². The van der Waals surface area contributed by atoms with Gasteiger partial charge in [-0.2, -0.15) is 0 Å². The van der Waals surface area contributed by atoms with Crippen molar-refractivity contribution in [1.82, 2.24) is 5.32 Å². The molecule has 0 heterocycles. The minimum Gasteiger partial charge on any atom is -0.316 e. The van der Waals surface area contributed by atoms with Crippen molar-refractivity contribution in [3.8, 4) is 0 Å². The molecule has 4 nitrogen and oxygen atoms in total. The van der Waals surface area contributed by atoms with E-state index < -0.39 is 33.2 Å². The molecule has 0 fully saturated rings. The SMILES string of the molecule is CCCNCCS(=O)(=O)Nc1c(F)cc(F)cc1F. The summed E-state index contributed by atoms with van der Waals surface area (Å²) in [5, 5.41) is 2.85. The quantitative estimate of drug-likeness (QED) is 0.755. The summed E-state index contributed by atoms with van der Waals surface area (Å²) >= 11 is 0. The summed E-state index contributed by atoms with van der Waals surface area (Å²) in [7, 11) is -3.89. The molecule has 0 saturated carbocycles. The van der Waals surface area contributed by atoms with E-state index in [1.165, 1.54) is 0 Å². The van der Waals surface area contributed by atoms with Gasteiger partial charge in [0.05, 0.1) is 5.75 Å². The fraction of sp³-hybridized carbons (Fsp3) is 0.455. The van der Waals surface area contributed by atoms with E-state index in [1.54, 1.807) is 4.72 Å². The van der Waals surface area contributed by atoms with Crippen LogP contribution in [0.1, 0.15) is 13.3 Å². The van der Waals surface area contributed by atoms with Gasteiger partial charge in [0.25, 0.3) is 0 Å². The molecule has 1 aromatic rings. The Morgan fingerprint density at radius 2 is 1.68 bits per heavy atom. The van der Waals surface area contributed by atoms with E-state index in [9.17, 15) is 21.6 Å². The van der Waals surface area contributed by atoms with Crippen molar-refractivity contribution < 1.29 is 21.6 Å². The molecule has 0 bridgehead atoms. The molecule has 0 radical (unpaired) electrons. The van der Waals surface area contributed by atoms with Gasteiger partial charge in [0, 0.05) is 18.7 Å². The third kappa shape index (κ3) is 5.07. The highest BCUT2D eigenvalue weighted by Gasteiger charge is 2.17. The maximum Gasteiger partial charge on any atom is 0.234 e. The lowest BCUT2D eigenvalue weighted by Crippen LogP contribution is -2.27. The zero-order chi connectivity index (χ0) is 14.5. The second-order valence-corrected chi connectivity index (χ2v) is 5.76. The van der Waals surface area contributed by atoms with Crippen LogP contribution >= 0.6 is 0 Å². The predicted molar refractivity (Wildman–Crippen MR) is 66.9 cm³/mol. The summed E-state index contributed by atoms with van der Waals surface area (Å²) in [6.07, 6.45) is 0.842. The minimum atomic E-state index is -3.89. The minimum absolute atomic E-state index is 0.160.